The first-order chi connectivity index (χ1) is 11.1. The van der Waals surface area contributed by atoms with Crippen LogP contribution in [0.1, 0.15) is 43.8 Å². The summed E-state index contributed by atoms with van der Waals surface area (Å²) in [6.07, 6.45) is 3.90. The smallest absolute Gasteiger partial charge is 0.240 e. The van der Waals surface area contributed by atoms with Crippen LogP contribution in [-0.4, -0.2) is 19.1 Å². The maximum absolute atomic E-state index is 13.1. The van der Waals surface area contributed by atoms with E-state index in [4.69, 9.17) is 4.74 Å². The lowest BCUT2D eigenvalue weighted by Crippen LogP contribution is -2.40. The molecule has 0 spiro atoms. The summed E-state index contributed by atoms with van der Waals surface area (Å²) in [5.41, 5.74) is 0.0872. The second kappa shape index (κ2) is 6.67. The normalized spacial score (nSPS) is 25.9. The Bertz CT molecular complexity index is 602. The third-order valence-corrected chi connectivity index (χ3v) is 5.04. The minimum Gasteiger partial charge on any atom is -0.373 e. The Kier molecular flexibility index (Phi) is 4.63. The molecule has 1 aromatic rings. The molecule has 2 aliphatic rings. The van der Waals surface area contributed by atoms with Crippen LogP contribution in [0.2, 0.25) is 0 Å². The molecule has 1 heterocycles. The molecule has 2 atom stereocenters. The first-order valence-corrected chi connectivity index (χ1v) is 8.21. The van der Waals surface area contributed by atoms with E-state index >= 15 is 0 Å². The van der Waals surface area contributed by atoms with Crippen molar-refractivity contribution in [2.24, 2.45) is 11.3 Å². The van der Waals surface area contributed by atoms with Crippen LogP contribution in [0.15, 0.2) is 24.3 Å². The third kappa shape index (κ3) is 3.23. The summed E-state index contributed by atoms with van der Waals surface area (Å²) in [5.74, 6) is -0.266. The predicted molar refractivity (Wildman–Crippen MR) is 82.7 cm³/mol. The van der Waals surface area contributed by atoms with Gasteiger partial charge in [0.25, 0.3) is 0 Å². The minimum absolute atomic E-state index is 0.127. The molecule has 1 aromatic carbocycles. The van der Waals surface area contributed by atoms with Crippen LogP contribution in [0, 0.1) is 28.5 Å². The van der Waals surface area contributed by atoms with Crippen molar-refractivity contribution >= 4 is 5.91 Å². The maximum Gasteiger partial charge on any atom is 0.240 e. The summed E-state index contributed by atoms with van der Waals surface area (Å²) in [4.78, 5) is 12.4. The third-order valence-electron chi connectivity index (χ3n) is 5.04. The van der Waals surface area contributed by atoms with E-state index in [0.717, 1.165) is 24.8 Å². The minimum atomic E-state index is -0.842. The summed E-state index contributed by atoms with van der Waals surface area (Å²) < 4.78 is 18.8. The zero-order chi connectivity index (χ0) is 16.3. The van der Waals surface area contributed by atoms with E-state index in [1.165, 1.54) is 12.1 Å². The molecule has 1 saturated carbocycles. The van der Waals surface area contributed by atoms with Gasteiger partial charge >= 0.3 is 0 Å². The summed E-state index contributed by atoms with van der Waals surface area (Å²) in [6.45, 7) is 1.12. The second-order valence-corrected chi connectivity index (χ2v) is 6.50. The number of rotatable bonds is 4. The molecule has 1 N–H and O–H groups in total. The molecular weight excluding hydrogens is 295 g/mol. The fraction of sp³-hybridized carbons (Fsp3) is 0.556. The van der Waals surface area contributed by atoms with E-state index < -0.39 is 5.41 Å². The molecule has 2 fully saturated rings. The molecule has 1 aliphatic carbocycles. The van der Waals surface area contributed by atoms with Crippen LogP contribution < -0.4 is 5.32 Å². The molecule has 1 saturated heterocycles. The highest BCUT2D eigenvalue weighted by molar-refractivity contribution is 5.85. The second-order valence-electron chi connectivity index (χ2n) is 6.50. The molecule has 23 heavy (non-hydrogen) atoms. The van der Waals surface area contributed by atoms with Crippen LogP contribution >= 0.6 is 0 Å². The lowest BCUT2D eigenvalue weighted by atomic mass is 9.86. The van der Waals surface area contributed by atoms with Gasteiger partial charge in [-0.25, -0.2) is 4.39 Å². The van der Waals surface area contributed by atoms with Gasteiger partial charge in [0.2, 0.25) is 5.91 Å². The molecule has 3 rings (SSSR count). The van der Waals surface area contributed by atoms with Crippen LogP contribution in [0.25, 0.3) is 0 Å². The Balaban J connectivity index is 1.62. The summed E-state index contributed by atoms with van der Waals surface area (Å²) >= 11 is 0. The van der Waals surface area contributed by atoms with Gasteiger partial charge in [-0.1, -0.05) is 25.0 Å². The number of amides is 1. The standard InChI is InChI=1S/C18H21FN2O2/c19-15-5-3-13(4-6-15)16-14(7-10-23-16)11-21-17(22)18(12-20)8-1-2-9-18/h3-6,14,16H,1-2,7-11H2,(H,21,22)/t14-,16-/m0/s1. The monoisotopic (exact) mass is 316 g/mol. The van der Waals surface area contributed by atoms with Crippen molar-refractivity contribution in [2.45, 2.75) is 38.2 Å². The van der Waals surface area contributed by atoms with Crippen LogP contribution in [0.4, 0.5) is 4.39 Å². The average Bonchev–Trinajstić information content (AvgIpc) is 3.23. The Morgan fingerprint density at radius 2 is 2.04 bits per heavy atom. The first kappa shape index (κ1) is 15.9. The van der Waals surface area contributed by atoms with Crippen molar-refractivity contribution in [3.63, 3.8) is 0 Å². The molecule has 1 amide bonds. The van der Waals surface area contributed by atoms with Gasteiger partial charge < -0.3 is 10.1 Å². The lowest BCUT2D eigenvalue weighted by molar-refractivity contribution is -0.128. The number of halogens is 1. The maximum atomic E-state index is 13.1. The molecule has 4 nitrogen and oxygen atoms in total. The quantitative estimate of drug-likeness (QED) is 0.928. The van der Waals surface area contributed by atoms with Crippen molar-refractivity contribution in [3.05, 3.63) is 35.6 Å². The summed E-state index contributed by atoms with van der Waals surface area (Å²) in [6, 6.07) is 8.53. The van der Waals surface area contributed by atoms with Crippen LogP contribution in [0.3, 0.4) is 0 Å². The van der Waals surface area contributed by atoms with Gasteiger partial charge in [0.15, 0.2) is 0 Å². The van der Waals surface area contributed by atoms with Gasteiger partial charge in [0.05, 0.1) is 12.2 Å². The summed E-state index contributed by atoms with van der Waals surface area (Å²) in [5, 5.41) is 12.3. The zero-order valence-corrected chi connectivity index (χ0v) is 13.1. The Hall–Kier alpha value is -1.93. The number of nitrogens with zero attached hydrogens (tertiary/aromatic N) is 1. The fourth-order valence-corrected chi connectivity index (χ4v) is 3.62. The largest absolute Gasteiger partial charge is 0.373 e. The lowest BCUT2D eigenvalue weighted by Gasteiger charge is -2.23. The van der Waals surface area contributed by atoms with Crippen molar-refractivity contribution < 1.29 is 13.9 Å². The molecule has 0 aromatic heterocycles. The van der Waals surface area contributed by atoms with Crippen molar-refractivity contribution in [2.75, 3.05) is 13.2 Å². The highest BCUT2D eigenvalue weighted by Gasteiger charge is 2.42. The van der Waals surface area contributed by atoms with Gasteiger partial charge in [0.1, 0.15) is 11.2 Å². The van der Waals surface area contributed by atoms with E-state index in [1.807, 2.05) is 0 Å². The molecule has 5 heteroatoms. The molecule has 0 radical (unpaired) electrons. The van der Waals surface area contributed by atoms with E-state index in [2.05, 4.69) is 11.4 Å². The molecule has 1 aliphatic heterocycles. The zero-order valence-electron chi connectivity index (χ0n) is 13.1. The average molecular weight is 316 g/mol. The molecular formula is C18H21FN2O2. The number of nitrogens with one attached hydrogen (secondary N) is 1. The van der Waals surface area contributed by atoms with Crippen LogP contribution in [-0.2, 0) is 9.53 Å². The highest BCUT2D eigenvalue weighted by atomic mass is 19.1. The van der Waals surface area contributed by atoms with E-state index in [-0.39, 0.29) is 23.7 Å². The Morgan fingerprint density at radius 1 is 1.35 bits per heavy atom. The molecule has 122 valence electrons. The van der Waals surface area contributed by atoms with E-state index in [1.54, 1.807) is 12.1 Å². The van der Waals surface area contributed by atoms with Gasteiger partial charge in [0, 0.05) is 19.1 Å². The van der Waals surface area contributed by atoms with Gasteiger partial charge in [-0.05, 0) is 37.0 Å². The van der Waals surface area contributed by atoms with Crippen molar-refractivity contribution in [3.8, 4) is 6.07 Å². The number of carbonyl (C=O) groups is 1. The van der Waals surface area contributed by atoms with E-state index in [9.17, 15) is 14.4 Å². The van der Waals surface area contributed by atoms with E-state index in [0.29, 0.717) is 26.0 Å². The predicted octanol–water partition coefficient (Wildman–Crippen LogP) is 3.10. The summed E-state index contributed by atoms with van der Waals surface area (Å²) in [7, 11) is 0. The molecule has 0 bridgehead atoms. The van der Waals surface area contributed by atoms with Crippen molar-refractivity contribution in [1.82, 2.24) is 5.32 Å². The number of hydrogen-bond donors (Lipinski definition) is 1. The topological polar surface area (TPSA) is 62.1 Å². The number of benzene rings is 1. The highest BCUT2D eigenvalue weighted by Crippen LogP contribution is 2.38. The Morgan fingerprint density at radius 3 is 2.70 bits per heavy atom. The first-order valence-electron chi connectivity index (χ1n) is 8.21. The van der Waals surface area contributed by atoms with Crippen LogP contribution in [0.5, 0.6) is 0 Å². The number of ether oxygens (including phenoxy) is 1. The Labute approximate surface area is 135 Å². The van der Waals surface area contributed by atoms with Gasteiger partial charge in [-0.2, -0.15) is 5.26 Å². The van der Waals surface area contributed by atoms with Crippen molar-refractivity contribution in [1.29, 1.82) is 5.26 Å². The number of nitriles is 1. The number of carbonyl (C=O) groups excluding carboxylic acids is 1. The fourth-order valence-electron chi connectivity index (χ4n) is 3.62. The SMILES string of the molecule is N#CC1(C(=O)NC[C@@H]2CCO[C@H]2c2ccc(F)cc2)CCCC1. The molecule has 0 unspecified atom stereocenters. The van der Waals surface area contributed by atoms with Gasteiger partial charge in [-0.3, -0.25) is 4.79 Å². The number of hydrogen-bond acceptors (Lipinski definition) is 3. The van der Waals surface area contributed by atoms with Gasteiger partial charge in [-0.15, -0.1) is 0 Å².